The molecular weight excluding hydrogens is 342 g/mol. The number of hydrogen-bond donors (Lipinski definition) is 3. The van der Waals surface area contributed by atoms with Crippen LogP contribution in [0.2, 0.25) is 0 Å². The lowest BCUT2D eigenvalue weighted by Gasteiger charge is -2.32. The van der Waals surface area contributed by atoms with Crippen molar-refractivity contribution < 1.29 is 9.21 Å². The molecule has 2 heterocycles. The standard InChI is InChI=1S/C20H35N5O2/c1-3-11-22-19(26)10-12-23-20(21-4-2)24-16-17(18-9-8-15-27-18)25-13-6-5-7-14-25/h8-9,15,17H,3-7,10-14,16H2,1-2H3,(H,22,26)(H2,21,23,24). The SMILES string of the molecule is CCCNC(=O)CCNC(=NCC(c1ccco1)N1CCCCC1)NCC. The Morgan fingerprint density at radius 2 is 2.00 bits per heavy atom. The first-order valence-corrected chi connectivity index (χ1v) is 10.3. The highest BCUT2D eigenvalue weighted by molar-refractivity contribution is 5.81. The lowest BCUT2D eigenvalue weighted by atomic mass is 10.1. The predicted octanol–water partition coefficient (Wildman–Crippen LogP) is 2.28. The van der Waals surface area contributed by atoms with E-state index in [4.69, 9.17) is 9.41 Å². The second kappa shape index (κ2) is 12.4. The van der Waals surface area contributed by atoms with Crippen LogP contribution in [0.1, 0.15) is 57.8 Å². The molecule has 3 N–H and O–H groups in total. The third kappa shape index (κ3) is 7.62. The van der Waals surface area contributed by atoms with Crippen molar-refractivity contribution in [1.82, 2.24) is 20.9 Å². The molecule has 0 saturated carbocycles. The zero-order valence-corrected chi connectivity index (χ0v) is 16.8. The Balaban J connectivity index is 1.92. The van der Waals surface area contributed by atoms with Crippen molar-refractivity contribution in [2.75, 3.05) is 39.3 Å². The number of amides is 1. The van der Waals surface area contributed by atoms with Gasteiger partial charge >= 0.3 is 0 Å². The number of piperidine rings is 1. The van der Waals surface area contributed by atoms with E-state index in [1.54, 1.807) is 6.26 Å². The van der Waals surface area contributed by atoms with E-state index in [9.17, 15) is 4.79 Å². The summed E-state index contributed by atoms with van der Waals surface area (Å²) in [7, 11) is 0. The first-order chi connectivity index (χ1) is 13.2. The third-order valence-electron chi connectivity index (χ3n) is 4.69. The molecule has 0 aliphatic carbocycles. The molecule has 27 heavy (non-hydrogen) atoms. The molecule has 1 aromatic rings. The van der Waals surface area contributed by atoms with Crippen molar-refractivity contribution >= 4 is 11.9 Å². The zero-order chi connectivity index (χ0) is 19.3. The molecule has 1 saturated heterocycles. The van der Waals surface area contributed by atoms with Crippen LogP contribution in [0, 0.1) is 0 Å². The summed E-state index contributed by atoms with van der Waals surface area (Å²) in [6.45, 7) is 8.97. The number of furan rings is 1. The van der Waals surface area contributed by atoms with Gasteiger partial charge in [-0.15, -0.1) is 0 Å². The first kappa shape index (κ1) is 21.3. The van der Waals surface area contributed by atoms with Crippen LogP contribution in [-0.2, 0) is 4.79 Å². The van der Waals surface area contributed by atoms with E-state index in [1.807, 2.05) is 26.0 Å². The maximum atomic E-state index is 11.7. The normalized spacial score (nSPS) is 16.7. The molecule has 0 spiro atoms. The van der Waals surface area contributed by atoms with Gasteiger partial charge < -0.3 is 20.4 Å². The van der Waals surface area contributed by atoms with Crippen LogP contribution in [0.4, 0.5) is 0 Å². The van der Waals surface area contributed by atoms with Crippen LogP contribution in [0.25, 0.3) is 0 Å². The van der Waals surface area contributed by atoms with Crippen molar-refractivity contribution in [3.05, 3.63) is 24.2 Å². The Morgan fingerprint density at radius 1 is 1.19 bits per heavy atom. The molecule has 1 aliphatic heterocycles. The minimum Gasteiger partial charge on any atom is -0.468 e. The number of likely N-dealkylation sites (tertiary alicyclic amines) is 1. The predicted molar refractivity (Wildman–Crippen MR) is 109 cm³/mol. The Bertz CT molecular complexity index is 553. The Kier molecular flexibility index (Phi) is 9.76. The number of nitrogens with one attached hydrogen (secondary N) is 3. The Labute approximate surface area is 163 Å². The van der Waals surface area contributed by atoms with Gasteiger partial charge in [0.1, 0.15) is 5.76 Å². The molecule has 2 rings (SSSR count). The number of aliphatic imine (C=N–C) groups is 1. The van der Waals surface area contributed by atoms with Crippen molar-refractivity contribution in [3.8, 4) is 0 Å². The van der Waals surface area contributed by atoms with Gasteiger partial charge in [-0.3, -0.25) is 14.7 Å². The largest absolute Gasteiger partial charge is 0.468 e. The topological polar surface area (TPSA) is 81.9 Å². The summed E-state index contributed by atoms with van der Waals surface area (Å²) in [5.41, 5.74) is 0. The van der Waals surface area contributed by atoms with E-state index in [2.05, 4.69) is 20.9 Å². The van der Waals surface area contributed by atoms with E-state index in [0.717, 1.165) is 44.3 Å². The highest BCUT2D eigenvalue weighted by Crippen LogP contribution is 2.25. The van der Waals surface area contributed by atoms with E-state index >= 15 is 0 Å². The molecular formula is C20H35N5O2. The molecule has 1 unspecified atom stereocenters. The van der Waals surface area contributed by atoms with Gasteiger partial charge in [-0.25, -0.2) is 0 Å². The van der Waals surface area contributed by atoms with Gasteiger partial charge in [-0.1, -0.05) is 13.3 Å². The van der Waals surface area contributed by atoms with Crippen LogP contribution >= 0.6 is 0 Å². The molecule has 0 aromatic carbocycles. The molecule has 152 valence electrons. The lowest BCUT2D eigenvalue weighted by molar-refractivity contribution is -0.120. The Morgan fingerprint density at radius 3 is 2.67 bits per heavy atom. The Hall–Kier alpha value is -2.02. The summed E-state index contributed by atoms with van der Waals surface area (Å²) in [5, 5.41) is 9.41. The van der Waals surface area contributed by atoms with Gasteiger partial charge in [0.25, 0.3) is 0 Å². The summed E-state index contributed by atoms with van der Waals surface area (Å²) in [6.07, 6.45) is 6.88. The number of carbonyl (C=O) groups excluding carboxylic acids is 1. The summed E-state index contributed by atoms with van der Waals surface area (Å²) in [6, 6.07) is 4.13. The minimum absolute atomic E-state index is 0.0713. The molecule has 1 fully saturated rings. The number of rotatable bonds is 10. The smallest absolute Gasteiger partial charge is 0.221 e. The monoisotopic (exact) mass is 377 g/mol. The van der Waals surface area contributed by atoms with Crippen molar-refractivity contribution in [2.45, 2.75) is 52.0 Å². The number of guanidine groups is 1. The first-order valence-electron chi connectivity index (χ1n) is 10.3. The molecule has 0 radical (unpaired) electrons. The average molecular weight is 378 g/mol. The zero-order valence-electron chi connectivity index (χ0n) is 16.8. The van der Waals surface area contributed by atoms with Crippen molar-refractivity contribution in [2.24, 2.45) is 4.99 Å². The second-order valence-corrected chi connectivity index (χ2v) is 6.87. The van der Waals surface area contributed by atoms with Crippen molar-refractivity contribution in [1.29, 1.82) is 0 Å². The number of carbonyl (C=O) groups is 1. The van der Waals surface area contributed by atoms with Crippen LogP contribution in [-0.4, -0.2) is 56.0 Å². The number of nitrogens with zero attached hydrogens (tertiary/aromatic N) is 2. The third-order valence-corrected chi connectivity index (χ3v) is 4.69. The maximum absolute atomic E-state index is 11.7. The second-order valence-electron chi connectivity index (χ2n) is 6.87. The lowest BCUT2D eigenvalue weighted by Crippen LogP contribution is -2.40. The highest BCUT2D eigenvalue weighted by atomic mass is 16.3. The van der Waals surface area contributed by atoms with E-state index in [1.165, 1.54) is 19.3 Å². The quantitative estimate of drug-likeness (QED) is 0.430. The highest BCUT2D eigenvalue weighted by Gasteiger charge is 2.24. The number of hydrogen-bond acceptors (Lipinski definition) is 4. The van der Waals surface area contributed by atoms with Gasteiger partial charge in [0.05, 0.1) is 18.8 Å². The van der Waals surface area contributed by atoms with Crippen molar-refractivity contribution in [3.63, 3.8) is 0 Å². The molecule has 1 atom stereocenters. The van der Waals surface area contributed by atoms with Crippen LogP contribution in [0.5, 0.6) is 0 Å². The molecule has 1 aliphatic rings. The fraction of sp³-hybridized carbons (Fsp3) is 0.700. The minimum atomic E-state index is 0.0713. The van der Waals surface area contributed by atoms with Crippen LogP contribution in [0.3, 0.4) is 0 Å². The van der Waals surface area contributed by atoms with Gasteiger partial charge in [-0.05, 0) is 51.4 Å². The molecule has 0 bridgehead atoms. The van der Waals surface area contributed by atoms with Gasteiger partial charge in [-0.2, -0.15) is 0 Å². The molecule has 1 aromatic heterocycles. The fourth-order valence-electron chi connectivity index (χ4n) is 3.26. The molecule has 7 nitrogen and oxygen atoms in total. The molecule has 7 heteroatoms. The summed E-state index contributed by atoms with van der Waals surface area (Å²) in [5.74, 6) is 1.78. The summed E-state index contributed by atoms with van der Waals surface area (Å²) < 4.78 is 5.69. The van der Waals surface area contributed by atoms with Gasteiger partial charge in [0.2, 0.25) is 5.91 Å². The average Bonchev–Trinajstić information content (AvgIpc) is 3.22. The van der Waals surface area contributed by atoms with Crippen LogP contribution in [0.15, 0.2) is 27.8 Å². The summed E-state index contributed by atoms with van der Waals surface area (Å²) in [4.78, 5) is 19.0. The van der Waals surface area contributed by atoms with E-state index in [0.29, 0.717) is 19.5 Å². The van der Waals surface area contributed by atoms with E-state index < -0.39 is 0 Å². The fourth-order valence-corrected chi connectivity index (χ4v) is 3.26. The van der Waals surface area contributed by atoms with E-state index in [-0.39, 0.29) is 11.9 Å². The maximum Gasteiger partial charge on any atom is 0.221 e. The van der Waals surface area contributed by atoms with Gasteiger partial charge in [0, 0.05) is 26.1 Å². The van der Waals surface area contributed by atoms with Gasteiger partial charge in [0.15, 0.2) is 5.96 Å². The van der Waals surface area contributed by atoms with Crippen LogP contribution < -0.4 is 16.0 Å². The summed E-state index contributed by atoms with van der Waals surface area (Å²) >= 11 is 0. The molecule has 1 amide bonds.